The van der Waals surface area contributed by atoms with Gasteiger partial charge in [-0.1, -0.05) is 12.1 Å². The van der Waals surface area contributed by atoms with Crippen LogP contribution in [0.5, 0.6) is 5.75 Å². The van der Waals surface area contributed by atoms with Gasteiger partial charge in [0.1, 0.15) is 0 Å². The van der Waals surface area contributed by atoms with E-state index in [4.69, 9.17) is 22.6 Å². The van der Waals surface area contributed by atoms with Crippen molar-refractivity contribution in [1.82, 2.24) is 0 Å². The van der Waals surface area contributed by atoms with Crippen molar-refractivity contribution >= 4 is 22.8 Å². The SMILES string of the molecule is CCOP(Nc1ccccc1OP(OCC)OCC)OCC. The topological polar surface area (TPSA) is 58.2 Å². The van der Waals surface area contributed by atoms with Gasteiger partial charge in [0.2, 0.25) is 0 Å². The molecule has 0 aliphatic heterocycles. The Morgan fingerprint density at radius 1 is 0.818 bits per heavy atom. The lowest BCUT2D eigenvalue weighted by Gasteiger charge is -2.21. The van der Waals surface area contributed by atoms with Gasteiger partial charge in [-0.2, -0.15) is 0 Å². The summed E-state index contributed by atoms with van der Waals surface area (Å²) in [6, 6.07) is 7.59. The predicted molar refractivity (Wildman–Crippen MR) is 91.0 cm³/mol. The molecule has 0 heterocycles. The lowest BCUT2D eigenvalue weighted by molar-refractivity contribution is 0.221. The van der Waals surface area contributed by atoms with E-state index in [2.05, 4.69) is 5.09 Å². The molecule has 0 saturated heterocycles. The first kappa shape index (κ1) is 19.6. The predicted octanol–water partition coefficient (Wildman–Crippen LogP) is 5.08. The van der Waals surface area contributed by atoms with Crippen LogP contribution in [0.25, 0.3) is 0 Å². The molecule has 0 atom stereocenters. The van der Waals surface area contributed by atoms with Gasteiger partial charge in [-0.25, -0.2) is 0 Å². The van der Waals surface area contributed by atoms with Crippen molar-refractivity contribution in [1.29, 1.82) is 0 Å². The molecule has 0 aromatic heterocycles. The normalized spacial score (nSPS) is 11.2. The Bertz CT molecular complexity index is 362. The van der Waals surface area contributed by atoms with Crippen LogP contribution in [0.2, 0.25) is 0 Å². The lowest BCUT2D eigenvalue weighted by Crippen LogP contribution is -2.03. The Morgan fingerprint density at radius 3 is 1.91 bits per heavy atom. The summed E-state index contributed by atoms with van der Waals surface area (Å²) < 4.78 is 27.9. The van der Waals surface area contributed by atoms with Gasteiger partial charge < -0.3 is 27.7 Å². The van der Waals surface area contributed by atoms with Crippen LogP contribution in [-0.2, 0) is 18.1 Å². The molecule has 0 bridgehead atoms. The molecule has 0 unspecified atom stereocenters. The van der Waals surface area contributed by atoms with E-state index < -0.39 is 17.1 Å². The molecule has 0 radical (unpaired) electrons. The van der Waals surface area contributed by atoms with Crippen molar-refractivity contribution in [3.8, 4) is 5.75 Å². The highest BCUT2D eigenvalue weighted by Crippen LogP contribution is 2.46. The number of hydrogen-bond acceptors (Lipinski definition) is 6. The highest BCUT2D eigenvalue weighted by Gasteiger charge is 2.18. The summed E-state index contributed by atoms with van der Waals surface area (Å²) in [6.45, 7) is 9.90. The molecule has 0 aliphatic carbocycles. The zero-order valence-electron chi connectivity index (χ0n) is 13.6. The highest BCUT2D eigenvalue weighted by atomic mass is 31.2. The van der Waals surface area contributed by atoms with E-state index in [1.54, 1.807) is 0 Å². The van der Waals surface area contributed by atoms with Crippen LogP contribution in [0.1, 0.15) is 27.7 Å². The fraction of sp³-hybridized carbons (Fsp3) is 0.571. The highest BCUT2D eigenvalue weighted by molar-refractivity contribution is 7.49. The van der Waals surface area contributed by atoms with Crippen molar-refractivity contribution < 1.29 is 22.6 Å². The first-order valence-electron chi connectivity index (χ1n) is 7.40. The Balaban J connectivity index is 2.78. The Kier molecular flexibility index (Phi) is 10.7. The van der Waals surface area contributed by atoms with E-state index in [-0.39, 0.29) is 0 Å². The van der Waals surface area contributed by atoms with Crippen LogP contribution >= 0.6 is 17.1 Å². The second kappa shape index (κ2) is 12.0. The summed E-state index contributed by atoms with van der Waals surface area (Å²) in [5.41, 5.74) is 0.794. The maximum atomic E-state index is 5.84. The molecule has 1 aromatic rings. The number of benzene rings is 1. The van der Waals surface area contributed by atoms with Crippen LogP contribution in [0.4, 0.5) is 5.69 Å². The fourth-order valence-electron chi connectivity index (χ4n) is 1.45. The minimum Gasteiger partial charge on any atom is -0.425 e. The zero-order valence-corrected chi connectivity index (χ0v) is 15.4. The molecule has 0 aliphatic rings. The molecule has 0 spiro atoms. The third-order valence-electron chi connectivity index (χ3n) is 2.23. The third kappa shape index (κ3) is 7.19. The van der Waals surface area contributed by atoms with Crippen LogP contribution in [-0.4, -0.2) is 26.4 Å². The van der Waals surface area contributed by atoms with Gasteiger partial charge in [0.05, 0.1) is 32.1 Å². The summed E-state index contributed by atoms with van der Waals surface area (Å²) in [5.74, 6) is 0.655. The number of nitrogens with one attached hydrogen (secondary N) is 1. The largest absolute Gasteiger partial charge is 0.425 e. The van der Waals surface area contributed by atoms with Crippen molar-refractivity contribution in [2.75, 3.05) is 31.5 Å². The number of hydrogen-bond donors (Lipinski definition) is 1. The van der Waals surface area contributed by atoms with Gasteiger partial charge in [-0.05, 0) is 39.8 Å². The van der Waals surface area contributed by atoms with Crippen molar-refractivity contribution in [2.45, 2.75) is 27.7 Å². The summed E-state index contributed by atoms with van der Waals surface area (Å²) >= 11 is 0. The average molecular weight is 349 g/mol. The van der Waals surface area contributed by atoms with Gasteiger partial charge in [0, 0.05) is 0 Å². The van der Waals surface area contributed by atoms with Crippen LogP contribution in [0, 0.1) is 0 Å². The zero-order chi connectivity index (χ0) is 16.2. The van der Waals surface area contributed by atoms with Gasteiger partial charge in [0.15, 0.2) is 5.75 Å². The molecule has 1 rings (SSSR count). The van der Waals surface area contributed by atoms with Crippen LogP contribution < -0.4 is 9.61 Å². The molecule has 126 valence electrons. The number of para-hydroxylation sites is 2. The van der Waals surface area contributed by atoms with Crippen molar-refractivity contribution in [2.24, 2.45) is 0 Å². The summed E-state index contributed by atoms with van der Waals surface area (Å²) in [4.78, 5) is 0. The summed E-state index contributed by atoms with van der Waals surface area (Å²) in [6.07, 6.45) is 0. The molecule has 8 heteroatoms. The summed E-state index contributed by atoms with van der Waals surface area (Å²) in [7, 11) is -2.61. The Labute approximate surface area is 135 Å². The van der Waals surface area contributed by atoms with Gasteiger partial charge in [0.25, 0.3) is 8.53 Å². The smallest absolute Gasteiger partial charge is 0.397 e. The quantitative estimate of drug-likeness (QED) is 0.531. The van der Waals surface area contributed by atoms with Crippen LogP contribution in [0.15, 0.2) is 24.3 Å². The third-order valence-corrected chi connectivity index (χ3v) is 4.93. The van der Waals surface area contributed by atoms with E-state index in [1.807, 2.05) is 52.0 Å². The molecule has 1 aromatic carbocycles. The Hall–Kier alpha value is -0.480. The molecular weight excluding hydrogens is 324 g/mol. The fourth-order valence-corrected chi connectivity index (χ4v) is 3.43. The molecule has 6 nitrogen and oxygen atoms in total. The average Bonchev–Trinajstić information content (AvgIpc) is 2.50. The van der Waals surface area contributed by atoms with E-state index in [0.29, 0.717) is 32.2 Å². The maximum Gasteiger partial charge on any atom is 0.397 e. The maximum absolute atomic E-state index is 5.84. The molecule has 0 amide bonds. The second-order valence-electron chi connectivity index (χ2n) is 3.85. The Morgan fingerprint density at radius 2 is 1.36 bits per heavy atom. The van der Waals surface area contributed by atoms with Gasteiger partial charge in [-0.3, -0.25) is 0 Å². The van der Waals surface area contributed by atoms with Gasteiger partial charge >= 0.3 is 8.60 Å². The van der Waals surface area contributed by atoms with Crippen molar-refractivity contribution in [3.05, 3.63) is 24.3 Å². The number of rotatable bonds is 12. The molecule has 0 saturated carbocycles. The minimum absolute atomic E-state index is 0.534. The van der Waals surface area contributed by atoms with Crippen molar-refractivity contribution in [3.63, 3.8) is 0 Å². The van der Waals surface area contributed by atoms with E-state index >= 15 is 0 Å². The van der Waals surface area contributed by atoms with E-state index in [9.17, 15) is 0 Å². The first-order chi connectivity index (χ1) is 10.7. The van der Waals surface area contributed by atoms with E-state index in [0.717, 1.165) is 5.69 Å². The van der Waals surface area contributed by atoms with E-state index in [1.165, 1.54) is 0 Å². The lowest BCUT2D eigenvalue weighted by atomic mass is 10.3. The monoisotopic (exact) mass is 349 g/mol. The van der Waals surface area contributed by atoms with Gasteiger partial charge in [-0.15, -0.1) is 0 Å². The molecular formula is C14H25NO5P2. The summed E-state index contributed by atoms with van der Waals surface area (Å²) in [5, 5.41) is 3.23. The van der Waals surface area contributed by atoms with Crippen LogP contribution in [0.3, 0.4) is 0 Å². The minimum atomic E-state index is -1.41. The second-order valence-corrected chi connectivity index (χ2v) is 6.25. The standard InChI is InChI=1S/C14H25NO5P2/c1-5-16-21(17-6-2)15-13-11-9-10-12-14(13)20-22(18-7-3)19-8-4/h9-12,15H,5-8H2,1-4H3. The first-order valence-corrected chi connectivity index (χ1v) is 9.67. The molecule has 1 N–H and O–H groups in total. The molecule has 22 heavy (non-hydrogen) atoms. The molecule has 0 fully saturated rings. The number of anilines is 1.